The van der Waals surface area contributed by atoms with Crippen LogP contribution in [0.25, 0.3) is 0 Å². The van der Waals surface area contributed by atoms with E-state index in [1.807, 2.05) is 43.3 Å². The third-order valence-corrected chi connectivity index (χ3v) is 4.94. The number of benzene rings is 2. The smallest absolute Gasteiger partial charge is 0.134 e. The number of rotatable bonds is 5. The lowest BCUT2D eigenvalue weighted by molar-refractivity contribution is 0.624. The molecule has 0 amide bonds. The molecule has 0 unspecified atom stereocenters. The highest BCUT2D eigenvalue weighted by molar-refractivity contribution is 5.53. The first-order chi connectivity index (χ1) is 13.7. The minimum absolute atomic E-state index is 0.200. The van der Waals surface area contributed by atoms with E-state index in [-0.39, 0.29) is 5.82 Å². The van der Waals surface area contributed by atoms with Crippen molar-refractivity contribution in [3.8, 4) is 0 Å². The number of halogens is 1. The van der Waals surface area contributed by atoms with E-state index in [2.05, 4.69) is 37.2 Å². The fraction of sp³-hybridized carbons (Fsp3) is 0.273. The summed E-state index contributed by atoms with van der Waals surface area (Å²) in [5, 5.41) is 3.40. The normalized spacial score (nSPS) is 14.2. The van der Waals surface area contributed by atoms with E-state index in [1.165, 1.54) is 17.7 Å². The first-order valence-corrected chi connectivity index (χ1v) is 9.56. The van der Waals surface area contributed by atoms with E-state index in [1.54, 1.807) is 0 Å². The van der Waals surface area contributed by atoms with E-state index >= 15 is 0 Å². The molecule has 0 radical (unpaired) electrons. The molecule has 4 rings (SSSR count). The molecule has 5 nitrogen and oxygen atoms in total. The molecule has 1 aromatic heterocycles. The fourth-order valence-electron chi connectivity index (χ4n) is 3.44. The Labute approximate surface area is 164 Å². The summed E-state index contributed by atoms with van der Waals surface area (Å²) in [6, 6.07) is 19.0. The van der Waals surface area contributed by atoms with E-state index in [4.69, 9.17) is 0 Å². The highest BCUT2D eigenvalue weighted by Crippen LogP contribution is 2.21. The van der Waals surface area contributed by atoms with Crippen molar-refractivity contribution in [3.05, 3.63) is 77.9 Å². The van der Waals surface area contributed by atoms with Crippen LogP contribution in [-0.4, -0.2) is 36.1 Å². The van der Waals surface area contributed by atoms with Gasteiger partial charge in [-0.15, -0.1) is 0 Å². The highest BCUT2D eigenvalue weighted by Gasteiger charge is 2.19. The predicted molar refractivity (Wildman–Crippen MR) is 111 cm³/mol. The quantitative estimate of drug-likeness (QED) is 0.731. The lowest BCUT2D eigenvalue weighted by Gasteiger charge is -2.36. The maximum Gasteiger partial charge on any atom is 0.134 e. The fourth-order valence-corrected chi connectivity index (χ4v) is 3.44. The molecule has 2 heterocycles. The topological polar surface area (TPSA) is 44.3 Å². The molecule has 1 aliphatic rings. The van der Waals surface area contributed by atoms with Crippen LogP contribution in [0.5, 0.6) is 0 Å². The summed E-state index contributed by atoms with van der Waals surface area (Å²) in [5.41, 5.74) is 2.28. The van der Waals surface area contributed by atoms with Crippen LogP contribution in [0.1, 0.15) is 11.4 Å². The van der Waals surface area contributed by atoms with Crippen LogP contribution < -0.4 is 15.1 Å². The van der Waals surface area contributed by atoms with Crippen molar-refractivity contribution >= 4 is 17.3 Å². The Morgan fingerprint density at radius 2 is 1.57 bits per heavy atom. The van der Waals surface area contributed by atoms with Gasteiger partial charge in [0.2, 0.25) is 0 Å². The van der Waals surface area contributed by atoms with Gasteiger partial charge in [0.25, 0.3) is 0 Å². The van der Waals surface area contributed by atoms with Crippen LogP contribution in [0.15, 0.2) is 60.7 Å². The summed E-state index contributed by atoms with van der Waals surface area (Å²) >= 11 is 0. The van der Waals surface area contributed by atoms with Gasteiger partial charge in [0.15, 0.2) is 0 Å². The van der Waals surface area contributed by atoms with Gasteiger partial charge in [-0.2, -0.15) is 0 Å². The molecule has 0 saturated carbocycles. The number of nitrogens with zero attached hydrogens (tertiary/aromatic N) is 4. The number of hydrogen-bond acceptors (Lipinski definition) is 5. The summed E-state index contributed by atoms with van der Waals surface area (Å²) < 4.78 is 13.1. The van der Waals surface area contributed by atoms with Crippen molar-refractivity contribution in [2.24, 2.45) is 0 Å². The molecule has 0 bridgehead atoms. The second-order valence-electron chi connectivity index (χ2n) is 6.95. The molecule has 1 saturated heterocycles. The van der Waals surface area contributed by atoms with Gasteiger partial charge in [-0.1, -0.05) is 30.3 Å². The summed E-state index contributed by atoms with van der Waals surface area (Å²) in [4.78, 5) is 13.7. The van der Waals surface area contributed by atoms with Crippen molar-refractivity contribution in [2.75, 3.05) is 41.3 Å². The molecule has 0 atom stereocenters. The molecular formula is C22H24FN5. The molecule has 28 heavy (non-hydrogen) atoms. The first kappa shape index (κ1) is 18.2. The standard InChI is InChI=1S/C22H24FN5/c1-17-25-21(24-16-18-5-3-2-4-6-18)15-22(26-17)28-13-11-27(12-14-28)20-9-7-19(23)8-10-20/h2-10,15H,11-14,16H2,1H3,(H,24,25,26). The zero-order chi connectivity index (χ0) is 19.3. The largest absolute Gasteiger partial charge is 0.368 e. The molecule has 1 fully saturated rings. The zero-order valence-electron chi connectivity index (χ0n) is 16.0. The van der Waals surface area contributed by atoms with E-state index in [0.29, 0.717) is 0 Å². The Morgan fingerprint density at radius 1 is 0.893 bits per heavy atom. The first-order valence-electron chi connectivity index (χ1n) is 9.56. The van der Waals surface area contributed by atoms with Crippen LogP contribution >= 0.6 is 0 Å². The van der Waals surface area contributed by atoms with Crippen LogP contribution in [0.3, 0.4) is 0 Å². The van der Waals surface area contributed by atoms with E-state index < -0.39 is 0 Å². The van der Waals surface area contributed by atoms with Gasteiger partial charge in [-0.05, 0) is 36.8 Å². The number of nitrogens with one attached hydrogen (secondary N) is 1. The third kappa shape index (κ3) is 4.39. The van der Waals surface area contributed by atoms with Crippen molar-refractivity contribution in [1.82, 2.24) is 9.97 Å². The van der Waals surface area contributed by atoms with Gasteiger partial charge in [-0.25, -0.2) is 14.4 Å². The van der Waals surface area contributed by atoms with Crippen molar-refractivity contribution in [1.29, 1.82) is 0 Å². The Morgan fingerprint density at radius 3 is 2.29 bits per heavy atom. The SMILES string of the molecule is Cc1nc(NCc2ccccc2)cc(N2CCN(c3ccc(F)cc3)CC2)n1. The Balaban J connectivity index is 1.40. The van der Waals surface area contributed by atoms with Gasteiger partial charge in [0, 0.05) is 44.5 Å². The summed E-state index contributed by atoms with van der Waals surface area (Å²) in [6.07, 6.45) is 0. The molecule has 1 aliphatic heterocycles. The Bertz CT molecular complexity index is 906. The number of piperazine rings is 1. The van der Waals surface area contributed by atoms with Gasteiger partial charge in [0.05, 0.1) is 0 Å². The highest BCUT2D eigenvalue weighted by atomic mass is 19.1. The van der Waals surface area contributed by atoms with E-state index in [9.17, 15) is 4.39 Å². The number of aromatic nitrogens is 2. The second kappa shape index (κ2) is 8.25. The Kier molecular flexibility index (Phi) is 5.37. The van der Waals surface area contributed by atoms with Crippen LogP contribution in [0.2, 0.25) is 0 Å². The second-order valence-corrected chi connectivity index (χ2v) is 6.95. The maximum atomic E-state index is 13.1. The lowest BCUT2D eigenvalue weighted by Crippen LogP contribution is -2.46. The van der Waals surface area contributed by atoms with Gasteiger partial charge >= 0.3 is 0 Å². The molecule has 6 heteroatoms. The predicted octanol–water partition coefficient (Wildman–Crippen LogP) is 3.86. The molecule has 0 aliphatic carbocycles. The molecule has 3 aromatic rings. The van der Waals surface area contributed by atoms with Crippen molar-refractivity contribution < 1.29 is 4.39 Å². The molecule has 2 aromatic carbocycles. The van der Waals surface area contributed by atoms with Gasteiger partial charge in [0.1, 0.15) is 23.3 Å². The van der Waals surface area contributed by atoms with Gasteiger partial charge < -0.3 is 15.1 Å². The number of aryl methyl sites for hydroxylation is 1. The number of hydrogen-bond donors (Lipinski definition) is 1. The third-order valence-electron chi connectivity index (χ3n) is 4.94. The average molecular weight is 377 g/mol. The molecule has 1 N–H and O–H groups in total. The summed E-state index contributed by atoms with van der Waals surface area (Å²) in [6.45, 7) is 6.14. The van der Waals surface area contributed by atoms with Gasteiger partial charge in [-0.3, -0.25) is 0 Å². The minimum atomic E-state index is -0.200. The number of anilines is 3. The van der Waals surface area contributed by atoms with Crippen molar-refractivity contribution in [2.45, 2.75) is 13.5 Å². The molecular weight excluding hydrogens is 353 g/mol. The minimum Gasteiger partial charge on any atom is -0.368 e. The zero-order valence-corrected chi connectivity index (χ0v) is 16.0. The molecule has 144 valence electrons. The van der Waals surface area contributed by atoms with Crippen LogP contribution in [-0.2, 0) is 6.54 Å². The lowest BCUT2D eigenvalue weighted by atomic mass is 10.2. The molecule has 0 spiro atoms. The summed E-state index contributed by atoms with van der Waals surface area (Å²) in [7, 11) is 0. The summed E-state index contributed by atoms with van der Waals surface area (Å²) in [5.74, 6) is 2.34. The average Bonchev–Trinajstić information content (AvgIpc) is 2.73. The van der Waals surface area contributed by atoms with Crippen molar-refractivity contribution in [3.63, 3.8) is 0 Å². The van der Waals surface area contributed by atoms with E-state index in [0.717, 1.165) is 55.9 Å². The van der Waals surface area contributed by atoms with Crippen LogP contribution in [0.4, 0.5) is 21.7 Å². The monoisotopic (exact) mass is 377 g/mol. The van der Waals surface area contributed by atoms with Crippen LogP contribution in [0, 0.1) is 12.7 Å². The Hall–Kier alpha value is -3.15. The maximum absolute atomic E-state index is 13.1.